The normalized spacial score (nSPS) is 12.7. The van der Waals surface area contributed by atoms with E-state index in [0.717, 1.165) is 0 Å². The number of nitrogens with zero attached hydrogens (tertiary/aromatic N) is 3. The minimum Gasteiger partial charge on any atom is -0.398 e. The Hall–Kier alpha value is -1.88. The second-order valence-corrected chi connectivity index (χ2v) is 3.31. The largest absolute Gasteiger partial charge is 0.398 e. The van der Waals surface area contributed by atoms with Crippen molar-refractivity contribution in [3.05, 3.63) is 41.7 Å². The average Bonchev–Trinajstić information content (AvgIpc) is 2.64. The summed E-state index contributed by atoms with van der Waals surface area (Å²) in [5, 5.41) is 17.5. The molecular formula is C10H12N4O. The van der Waals surface area contributed by atoms with Crippen LogP contribution in [0.2, 0.25) is 0 Å². The van der Waals surface area contributed by atoms with Crippen molar-refractivity contribution < 1.29 is 5.11 Å². The van der Waals surface area contributed by atoms with E-state index in [-0.39, 0.29) is 0 Å². The number of aryl methyl sites for hydroxylation is 1. The number of anilines is 1. The summed E-state index contributed by atoms with van der Waals surface area (Å²) in [6, 6.07) is 7.20. The molecule has 0 amide bonds. The molecule has 0 aliphatic heterocycles. The maximum atomic E-state index is 10.1. The Morgan fingerprint density at radius 1 is 1.40 bits per heavy atom. The molecule has 1 aromatic heterocycles. The first-order chi connectivity index (χ1) is 7.20. The molecule has 0 saturated heterocycles. The first kappa shape index (κ1) is 9.67. The van der Waals surface area contributed by atoms with Crippen molar-refractivity contribution in [3.8, 4) is 0 Å². The van der Waals surface area contributed by atoms with Gasteiger partial charge in [-0.25, -0.2) is 4.68 Å². The highest BCUT2D eigenvalue weighted by Gasteiger charge is 2.16. The number of hydrogen-bond donors (Lipinski definition) is 2. The van der Waals surface area contributed by atoms with Gasteiger partial charge in [0.15, 0.2) is 0 Å². The summed E-state index contributed by atoms with van der Waals surface area (Å²) >= 11 is 0. The molecule has 78 valence electrons. The molecule has 1 aromatic carbocycles. The zero-order valence-electron chi connectivity index (χ0n) is 8.33. The van der Waals surface area contributed by atoms with Gasteiger partial charge in [-0.3, -0.25) is 0 Å². The van der Waals surface area contributed by atoms with Gasteiger partial charge in [-0.2, -0.15) is 0 Å². The van der Waals surface area contributed by atoms with Crippen molar-refractivity contribution in [2.75, 3.05) is 5.73 Å². The van der Waals surface area contributed by atoms with Gasteiger partial charge < -0.3 is 10.8 Å². The summed E-state index contributed by atoms with van der Waals surface area (Å²) in [5.74, 6) is 0. The van der Waals surface area contributed by atoms with Crippen LogP contribution in [0.25, 0.3) is 0 Å². The third-order valence-corrected chi connectivity index (χ3v) is 2.32. The molecule has 5 nitrogen and oxygen atoms in total. The zero-order valence-corrected chi connectivity index (χ0v) is 8.33. The summed E-state index contributed by atoms with van der Waals surface area (Å²) in [7, 11) is 1.73. The predicted molar refractivity (Wildman–Crippen MR) is 55.9 cm³/mol. The molecule has 0 radical (unpaired) electrons. The Balaban J connectivity index is 2.41. The van der Waals surface area contributed by atoms with Crippen molar-refractivity contribution in [2.45, 2.75) is 6.10 Å². The van der Waals surface area contributed by atoms with Crippen molar-refractivity contribution in [1.29, 1.82) is 0 Å². The fourth-order valence-electron chi connectivity index (χ4n) is 1.46. The lowest BCUT2D eigenvalue weighted by Gasteiger charge is -2.12. The van der Waals surface area contributed by atoms with E-state index in [2.05, 4.69) is 10.3 Å². The van der Waals surface area contributed by atoms with E-state index in [1.165, 1.54) is 10.9 Å². The number of hydrogen-bond acceptors (Lipinski definition) is 4. The minimum atomic E-state index is -0.786. The number of aliphatic hydroxyl groups excluding tert-OH is 1. The third-order valence-electron chi connectivity index (χ3n) is 2.32. The number of para-hydroxylation sites is 1. The lowest BCUT2D eigenvalue weighted by molar-refractivity contribution is 0.210. The Kier molecular flexibility index (Phi) is 2.39. The van der Waals surface area contributed by atoms with E-state index < -0.39 is 6.10 Å². The SMILES string of the molecule is Cn1nncc1C(O)c1ccccc1N. The van der Waals surface area contributed by atoms with E-state index in [4.69, 9.17) is 5.73 Å². The summed E-state index contributed by atoms with van der Waals surface area (Å²) in [6.45, 7) is 0. The van der Waals surface area contributed by atoms with E-state index in [1.54, 1.807) is 19.2 Å². The number of benzene rings is 1. The summed E-state index contributed by atoms with van der Waals surface area (Å²) in [5.41, 5.74) is 7.62. The number of aliphatic hydroxyl groups is 1. The fraction of sp³-hybridized carbons (Fsp3) is 0.200. The molecule has 5 heteroatoms. The van der Waals surface area contributed by atoms with Crippen LogP contribution in [0.5, 0.6) is 0 Å². The van der Waals surface area contributed by atoms with E-state index in [9.17, 15) is 5.11 Å². The fourth-order valence-corrected chi connectivity index (χ4v) is 1.46. The van der Waals surface area contributed by atoms with Crippen LogP contribution in [-0.4, -0.2) is 20.1 Å². The second kappa shape index (κ2) is 3.70. The van der Waals surface area contributed by atoms with Crippen LogP contribution < -0.4 is 5.73 Å². The van der Waals surface area contributed by atoms with Gasteiger partial charge in [0, 0.05) is 18.3 Å². The molecule has 1 atom stereocenters. The lowest BCUT2D eigenvalue weighted by atomic mass is 10.1. The van der Waals surface area contributed by atoms with E-state index in [1.807, 2.05) is 12.1 Å². The number of nitrogens with two attached hydrogens (primary N) is 1. The summed E-state index contributed by atoms with van der Waals surface area (Å²) in [4.78, 5) is 0. The van der Waals surface area contributed by atoms with Gasteiger partial charge in [-0.1, -0.05) is 23.4 Å². The molecule has 0 aliphatic rings. The average molecular weight is 204 g/mol. The molecule has 2 aromatic rings. The molecule has 0 spiro atoms. The Labute approximate surface area is 87.1 Å². The Bertz CT molecular complexity index is 466. The molecule has 3 N–H and O–H groups in total. The molecule has 1 heterocycles. The topological polar surface area (TPSA) is 77.0 Å². The summed E-state index contributed by atoms with van der Waals surface area (Å²) < 4.78 is 1.52. The minimum absolute atomic E-state index is 0.561. The van der Waals surface area contributed by atoms with Crippen LogP contribution in [0.4, 0.5) is 5.69 Å². The smallest absolute Gasteiger partial charge is 0.124 e. The van der Waals surface area contributed by atoms with Crippen LogP contribution in [0, 0.1) is 0 Å². The van der Waals surface area contributed by atoms with Crippen molar-refractivity contribution >= 4 is 5.69 Å². The zero-order chi connectivity index (χ0) is 10.8. The molecule has 0 bridgehead atoms. The van der Waals surface area contributed by atoms with Crippen LogP contribution >= 0.6 is 0 Å². The Morgan fingerprint density at radius 3 is 2.73 bits per heavy atom. The van der Waals surface area contributed by atoms with Gasteiger partial charge in [0.25, 0.3) is 0 Å². The Morgan fingerprint density at radius 2 is 2.13 bits per heavy atom. The molecule has 15 heavy (non-hydrogen) atoms. The molecule has 1 unspecified atom stereocenters. The maximum Gasteiger partial charge on any atom is 0.124 e. The highest BCUT2D eigenvalue weighted by Crippen LogP contribution is 2.24. The number of nitrogen functional groups attached to an aromatic ring is 1. The second-order valence-electron chi connectivity index (χ2n) is 3.31. The number of aromatic nitrogens is 3. The maximum absolute atomic E-state index is 10.1. The van der Waals surface area contributed by atoms with Crippen LogP contribution in [0.1, 0.15) is 17.4 Å². The van der Waals surface area contributed by atoms with Gasteiger partial charge in [0.05, 0.1) is 11.9 Å². The molecule has 0 saturated carbocycles. The van der Waals surface area contributed by atoms with Crippen molar-refractivity contribution in [2.24, 2.45) is 7.05 Å². The first-order valence-corrected chi connectivity index (χ1v) is 4.57. The van der Waals surface area contributed by atoms with Gasteiger partial charge in [0.2, 0.25) is 0 Å². The molecule has 0 aliphatic carbocycles. The van der Waals surface area contributed by atoms with Crippen LogP contribution in [0.3, 0.4) is 0 Å². The predicted octanol–water partition coefficient (Wildman–Crippen LogP) is 0.479. The van der Waals surface area contributed by atoms with E-state index >= 15 is 0 Å². The standard InChI is InChI=1S/C10H12N4O/c1-14-9(6-12-13-14)10(15)7-4-2-3-5-8(7)11/h2-6,10,15H,11H2,1H3. The lowest BCUT2D eigenvalue weighted by Crippen LogP contribution is -2.08. The molecule has 2 rings (SSSR count). The highest BCUT2D eigenvalue weighted by molar-refractivity contribution is 5.49. The van der Waals surface area contributed by atoms with Crippen molar-refractivity contribution in [3.63, 3.8) is 0 Å². The van der Waals surface area contributed by atoms with Gasteiger partial charge >= 0.3 is 0 Å². The van der Waals surface area contributed by atoms with Crippen molar-refractivity contribution in [1.82, 2.24) is 15.0 Å². The molecule has 0 fully saturated rings. The monoisotopic (exact) mass is 204 g/mol. The molecular weight excluding hydrogens is 192 g/mol. The highest BCUT2D eigenvalue weighted by atomic mass is 16.3. The summed E-state index contributed by atoms with van der Waals surface area (Å²) in [6.07, 6.45) is 0.739. The van der Waals surface area contributed by atoms with Crippen LogP contribution in [-0.2, 0) is 7.05 Å². The first-order valence-electron chi connectivity index (χ1n) is 4.57. The van der Waals surface area contributed by atoms with E-state index in [0.29, 0.717) is 16.9 Å². The number of rotatable bonds is 2. The quantitative estimate of drug-likeness (QED) is 0.697. The van der Waals surface area contributed by atoms with Crippen LogP contribution in [0.15, 0.2) is 30.5 Å². The van der Waals surface area contributed by atoms with Gasteiger partial charge in [0.1, 0.15) is 6.10 Å². The van der Waals surface area contributed by atoms with Gasteiger partial charge in [-0.05, 0) is 6.07 Å². The third kappa shape index (κ3) is 1.69. The van der Waals surface area contributed by atoms with Gasteiger partial charge in [-0.15, -0.1) is 5.10 Å².